The van der Waals surface area contributed by atoms with Crippen molar-refractivity contribution in [2.24, 2.45) is 5.92 Å². The van der Waals surface area contributed by atoms with Crippen LogP contribution in [0.3, 0.4) is 0 Å². The number of halogens is 1. The molecule has 1 unspecified atom stereocenters. The van der Waals surface area contributed by atoms with Gasteiger partial charge in [-0.15, -0.1) is 0 Å². The predicted molar refractivity (Wildman–Crippen MR) is 89.4 cm³/mol. The Labute approximate surface area is 138 Å². The second-order valence-electron chi connectivity index (χ2n) is 5.67. The van der Waals surface area contributed by atoms with Crippen LogP contribution in [0.2, 0.25) is 0 Å². The van der Waals surface area contributed by atoms with Crippen molar-refractivity contribution in [3.8, 4) is 0 Å². The Bertz CT molecular complexity index is 784. The van der Waals surface area contributed by atoms with Gasteiger partial charge in [-0.3, -0.25) is 10.1 Å². The second kappa shape index (κ2) is 7.08. The molecule has 1 atom stereocenters. The van der Waals surface area contributed by atoms with E-state index in [9.17, 15) is 14.5 Å². The number of anilines is 1. The number of benzene rings is 1. The molecule has 1 aromatic carbocycles. The Hall–Kier alpha value is -2.96. The van der Waals surface area contributed by atoms with E-state index in [1.54, 1.807) is 36.9 Å². The van der Waals surface area contributed by atoms with Crippen LogP contribution in [0.4, 0.5) is 15.8 Å². The molecule has 0 amide bonds. The number of nitro groups is 1. The summed E-state index contributed by atoms with van der Waals surface area (Å²) in [5, 5.41) is 14.4. The predicted octanol–water partition coefficient (Wildman–Crippen LogP) is 3.68. The van der Waals surface area contributed by atoms with Crippen LogP contribution < -0.4 is 5.32 Å². The van der Waals surface area contributed by atoms with E-state index in [0.29, 0.717) is 25.2 Å². The highest BCUT2D eigenvalue weighted by atomic mass is 19.1. The van der Waals surface area contributed by atoms with Gasteiger partial charge in [0.1, 0.15) is 11.5 Å². The summed E-state index contributed by atoms with van der Waals surface area (Å²) in [4.78, 5) is 14.9. The normalized spacial score (nSPS) is 16.7. The molecule has 1 aliphatic rings. The highest BCUT2D eigenvalue weighted by molar-refractivity contribution is 5.62. The smallest absolute Gasteiger partial charge is 0.292 e. The fourth-order valence-corrected chi connectivity index (χ4v) is 2.60. The van der Waals surface area contributed by atoms with Crippen LogP contribution in [0.1, 0.15) is 12.0 Å². The Morgan fingerprint density at radius 1 is 1.46 bits per heavy atom. The van der Waals surface area contributed by atoms with E-state index < -0.39 is 4.92 Å². The van der Waals surface area contributed by atoms with Crippen LogP contribution in [0.5, 0.6) is 0 Å². The maximum atomic E-state index is 12.9. The largest absolute Gasteiger partial charge is 0.379 e. The van der Waals surface area contributed by atoms with Crippen molar-refractivity contribution in [3.63, 3.8) is 0 Å². The molecule has 0 saturated carbocycles. The van der Waals surface area contributed by atoms with E-state index in [2.05, 4.69) is 10.3 Å². The van der Waals surface area contributed by atoms with Crippen molar-refractivity contribution >= 4 is 11.4 Å². The molecule has 0 bridgehead atoms. The molecule has 1 aromatic heterocycles. The van der Waals surface area contributed by atoms with E-state index in [0.717, 1.165) is 5.56 Å². The topological polar surface area (TPSA) is 73.0 Å². The third kappa shape index (κ3) is 3.87. The van der Waals surface area contributed by atoms with Crippen molar-refractivity contribution in [2.75, 3.05) is 11.9 Å². The van der Waals surface area contributed by atoms with Crippen molar-refractivity contribution in [1.29, 1.82) is 0 Å². The van der Waals surface area contributed by atoms with Gasteiger partial charge in [-0.05, 0) is 36.1 Å². The molecule has 1 N–H and O–H groups in total. The molecule has 1 aliphatic carbocycles. The van der Waals surface area contributed by atoms with Gasteiger partial charge >= 0.3 is 0 Å². The summed E-state index contributed by atoms with van der Waals surface area (Å²) in [6.45, 7) is 1.04. The molecular weight excluding hydrogens is 311 g/mol. The summed E-state index contributed by atoms with van der Waals surface area (Å²) in [7, 11) is 0. The Balaban J connectivity index is 1.70. The van der Waals surface area contributed by atoms with Crippen LogP contribution in [0, 0.1) is 16.0 Å². The molecule has 0 fully saturated rings. The van der Waals surface area contributed by atoms with Gasteiger partial charge in [-0.2, -0.15) is 0 Å². The van der Waals surface area contributed by atoms with Crippen LogP contribution >= 0.6 is 0 Å². The number of imidazole rings is 1. The fraction of sp³-hybridized carbons (Fsp3) is 0.235. The molecule has 1 heterocycles. The number of allylic oxidation sites excluding steroid dienone is 3. The van der Waals surface area contributed by atoms with Crippen LogP contribution in [0.25, 0.3) is 0 Å². The first kappa shape index (κ1) is 15.9. The Kier molecular flexibility index (Phi) is 4.69. The van der Waals surface area contributed by atoms with Gasteiger partial charge in [-0.25, -0.2) is 9.37 Å². The number of rotatable bonds is 6. The second-order valence-corrected chi connectivity index (χ2v) is 5.67. The van der Waals surface area contributed by atoms with Gasteiger partial charge in [-0.1, -0.05) is 12.1 Å². The average Bonchev–Trinajstić information content (AvgIpc) is 3.08. The van der Waals surface area contributed by atoms with E-state index in [1.165, 1.54) is 12.2 Å². The summed E-state index contributed by atoms with van der Waals surface area (Å²) < 4.78 is 14.8. The molecule has 6 nitrogen and oxygen atoms in total. The molecule has 3 rings (SSSR count). The minimum absolute atomic E-state index is 0.0362. The zero-order valence-corrected chi connectivity index (χ0v) is 12.9. The lowest BCUT2D eigenvalue weighted by molar-refractivity contribution is -0.384. The number of nitro benzene ring substituents is 1. The summed E-state index contributed by atoms with van der Waals surface area (Å²) in [6, 6.07) is 5.14. The third-order valence-corrected chi connectivity index (χ3v) is 3.88. The average molecular weight is 328 g/mol. The zero-order valence-electron chi connectivity index (χ0n) is 12.9. The molecule has 0 saturated heterocycles. The lowest BCUT2D eigenvalue weighted by Crippen LogP contribution is -2.14. The van der Waals surface area contributed by atoms with Crippen molar-refractivity contribution in [2.45, 2.75) is 13.0 Å². The number of nitrogens with one attached hydrogen (secondary N) is 1. The van der Waals surface area contributed by atoms with Gasteiger partial charge in [0.15, 0.2) is 0 Å². The Morgan fingerprint density at radius 3 is 3.00 bits per heavy atom. The molecule has 7 heteroatoms. The summed E-state index contributed by atoms with van der Waals surface area (Å²) in [5.74, 6) is -0.115. The van der Waals surface area contributed by atoms with Crippen molar-refractivity contribution < 1.29 is 9.31 Å². The van der Waals surface area contributed by atoms with E-state index in [-0.39, 0.29) is 17.4 Å². The summed E-state index contributed by atoms with van der Waals surface area (Å²) in [5.41, 5.74) is 1.33. The molecular formula is C17H17FN4O2. The van der Waals surface area contributed by atoms with Gasteiger partial charge < -0.3 is 9.88 Å². The summed E-state index contributed by atoms with van der Waals surface area (Å²) >= 11 is 0. The summed E-state index contributed by atoms with van der Waals surface area (Å²) in [6.07, 6.45) is 10.5. The number of hydrogen-bond donors (Lipinski definition) is 1. The first-order valence-electron chi connectivity index (χ1n) is 7.62. The zero-order chi connectivity index (χ0) is 16.9. The first-order valence-corrected chi connectivity index (χ1v) is 7.62. The highest BCUT2D eigenvalue weighted by Crippen LogP contribution is 2.27. The van der Waals surface area contributed by atoms with Gasteiger partial charge in [0, 0.05) is 31.5 Å². The van der Waals surface area contributed by atoms with Gasteiger partial charge in [0.25, 0.3) is 5.69 Å². The number of hydrogen-bond acceptors (Lipinski definition) is 4. The monoisotopic (exact) mass is 328 g/mol. The maximum absolute atomic E-state index is 12.9. The molecule has 24 heavy (non-hydrogen) atoms. The molecule has 0 aliphatic heterocycles. The minimum Gasteiger partial charge on any atom is -0.379 e. The number of aromatic nitrogens is 2. The van der Waals surface area contributed by atoms with Crippen molar-refractivity contribution in [3.05, 3.63) is 76.7 Å². The van der Waals surface area contributed by atoms with Crippen LogP contribution in [-0.2, 0) is 6.54 Å². The highest BCUT2D eigenvalue weighted by Gasteiger charge is 2.16. The van der Waals surface area contributed by atoms with E-state index in [1.807, 2.05) is 10.6 Å². The molecule has 0 radical (unpaired) electrons. The Morgan fingerprint density at radius 2 is 2.33 bits per heavy atom. The maximum Gasteiger partial charge on any atom is 0.292 e. The third-order valence-electron chi connectivity index (χ3n) is 3.88. The molecule has 124 valence electrons. The first-order chi connectivity index (χ1) is 11.6. The van der Waals surface area contributed by atoms with Gasteiger partial charge in [0.2, 0.25) is 0 Å². The fourth-order valence-electron chi connectivity index (χ4n) is 2.60. The van der Waals surface area contributed by atoms with E-state index >= 15 is 0 Å². The van der Waals surface area contributed by atoms with E-state index in [4.69, 9.17) is 0 Å². The minimum atomic E-state index is -0.393. The van der Waals surface area contributed by atoms with Crippen LogP contribution in [0.15, 0.2) is 61.0 Å². The standard InChI is InChI=1S/C17H17FN4O2/c18-15-4-1-13(2-5-15)10-20-16-6-3-14(9-17(16)22(23)24)11-21-8-7-19-12-21/h1,3-9,12-13,20H,2,10-11H2. The van der Waals surface area contributed by atoms with Crippen LogP contribution in [-0.4, -0.2) is 21.0 Å². The molecule has 0 spiro atoms. The lowest BCUT2D eigenvalue weighted by atomic mass is 10.0. The van der Waals surface area contributed by atoms with Gasteiger partial charge in [0.05, 0.1) is 11.3 Å². The lowest BCUT2D eigenvalue weighted by Gasteiger charge is -2.15. The quantitative estimate of drug-likeness (QED) is 0.648. The molecule has 2 aromatic rings. The SMILES string of the molecule is O=[N+]([O-])c1cc(Cn2ccnc2)ccc1NCC1C=CC(F)=CC1. The van der Waals surface area contributed by atoms with Crippen molar-refractivity contribution in [1.82, 2.24) is 9.55 Å². The number of nitrogens with zero attached hydrogens (tertiary/aromatic N) is 3.